The molecule has 0 spiro atoms. The number of piperazine rings is 1. The smallest absolute Gasteiger partial charge is 0.409 e. The summed E-state index contributed by atoms with van der Waals surface area (Å²) in [6, 6.07) is 3.26. The Kier molecular flexibility index (Phi) is 6.36. The quantitative estimate of drug-likeness (QED) is 0.787. The molecule has 3 rings (SSSR count). The highest BCUT2D eigenvalue weighted by molar-refractivity contribution is 7.12. The van der Waals surface area contributed by atoms with E-state index in [9.17, 15) is 14.4 Å². The zero-order chi connectivity index (χ0) is 19.4. The molecule has 148 valence electrons. The van der Waals surface area contributed by atoms with Gasteiger partial charge in [-0.05, 0) is 30.2 Å². The van der Waals surface area contributed by atoms with Crippen LogP contribution in [0, 0.1) is 5.92 Å². The van der Waals surface area contributed by atoms with Crippen molar-refractivity contribution in [2.75, 3.05) is 39.3 Å². The van der Waals surface area contributed by atoms with E-state index in [-0.39, 0.29) is 23.9 Å². The van der Waals surface area contributed by atoms with Gasteiger partial charge in [0.15, 0.2) is 0 Å². The molecule has 2 fully saturated rings. The van der Waals surface area contributed by atoms with Crippen LogP contribution in [0.1, 0.15) is 36.4 Å². The summed E-state index contributed by atoms with van der Waals surface area (Å²) in [5.41, 5.74) is 0. The number of likely N-dealkylation sites (tertiary alicyclic amines) is 1. The number of ether oxygens (including phenoxy) is 1. The fraction of sp³-hybridized carbons (Fsp3) is 0.632. The first kappa shape index (κ1) is 19.7. The predicted octanol–water partition coefficient (Wildman–Crippen LogP) is 2.29. The molecule has 1 atom stereocenters. The van der Waals surface area contributed by atoms with Crippen LogP contribution in [0.2, 0.25) is 0 Å². The van der Waals surface area contributed by atoms with E-state index in [2.05, 4.69) is 0 Å². The van der Waals surface area contributed by atoms with Crippen molar-refractivity contribution in [3.05, 3.63) is 22.4 Å². The molecule has 0 radical (unpaired) electrons. The Hall–Kier alpha value is -2.09. The van der Waals surface area contributed by atoms with Crippen molar-refractivity contribution in [2.24, 2.45) is 5.92 Å². The number of carbonyl (C=O) groups is 3. The number of thiophene rings is 1. The number of nitrogens with zero attached hydrogens (tertiary/aromatic N) is 3. The van der Waals surface area contributed by atoms with Gasteiger partial charge in [0, 0.05) is 32.7 Å². The molecule has 1 aromatic rings. The van der Waals surface area contributed by atoms with Crippen LogP contribution in [0.5, 0.6) is 0 Å². The van der Waals surface area contributed by atoms with E-state index in [0.717, 1.165) is 6.42 Å². The maximum Gasteiger partial charge on any atom is 0.409 e. The van der Waals surface area contributed by atoms with Crippen molar-refractivity contribution in [1.82, 2.24) is 14.7 Å². The van der Waals surface area contributed by atoms with Crippen LogP contribution in [0.25, 0.3) is 0 Å². The van der Waals surface area contributed by atoms with Gasteiger partial charge in [0.1, 0.15) is 6.04 Å². The summed E-state index contributed by atoms with van der Waals surface area (Å²) in [5.74, 6) is 0.232. The van der Waals surface area contributed by atoms with Gasteiger partial charge in [-0.3, -0.25) is 9.59 Å². The van der Waals surface area contributed by atoms with E-state index < -0.39 is 0 Å². The summed E-state index contributed by atoms with van der Waals surface area (Å²) in [5, 5.41) is 1.87. The molecule has 1 aromatic heterocycles. The molecule has 3 heterocycles. The van der Waals surface area contributed by atoms with Gasteiger partial charge in [0.25, 0.3) is 5.91 Å². The highest BCUT2D eigenvalue weighted by Gasteiger charge is 2.38. The molecular weight excluding hydrogens is 366 g/mol. The second-order valence-corrected chi connectivity index (χ2v) is 8.36. The SMILES string of the molecule is CC(C)COC(=O)N1CCN(C(=O)[C@@H]2CCCN2C(=O)c2cccs2)CC1. The second-order valence-electron chi connectivity index (χ2n) is 7.42. The molecule has 0 bridgehead atoms. The molecule has 2 saturated heterocycles. The molecule has 27 heavy (non-hydrogen) atoms. The van der Waals surface area contributed by atoms with Gasteiger partial charge in [-0.25, -0.2) is 4.79 Å². The summed E-state index contributed by atoms with van der Waals surface area (Å²) in [6.07, 6.45) is 1.23. The van der Waals surface area contributed by atoms with E-state index in [1.54, 1.807) is 20.8 Å². The number of hydrogen-bond donors (Lipinski definition) is 0. The standard InChI is InChI=1S/C19H27N3O4S/c1-14(2)13-26-19(25)21-10-8-20(9-11-21)17(23)15-5-3-7-22(15)18(24)16-6-4-12-27-16/h4,6,12,14-15H,3,5,7-11,13H2,1-2H3/t15-/m0/s1. The minimum absolute atomic E-state index is 0.00685. The van der Waals surface area contributed by atoms with Crippen LogP contribution in [0.3, 0.4) is 0 Å². The zero-order valence-corrected chi connectivity index (χ0v) is 16.7. The van der Waals surface area contributed by atoms with Gasteiger partial charge in [-0.1, -0.05) is 19.9 Å². The minimum atomic E-state index is -0.390. The first-order valence-electron chi connectivity index (χ1n) is 9.52. The van der Waals surface area contributed by atoms with Gasteiger partial charge < -0.3 is 19.4 Å². The summed E-state index contributed by atoms with van der Waals surface area (Å²) in [7, 11) is 0. The van der Waals surface area contributed by atoms with Crippen LogP contribution in [-0.4, -0.2) is 78.0 Å². The van der Waals surface area contributed by atoms with Crippen LogP contribution >= 0.6 is 11.3 Å². The summed E-state index contributed by atoms with van der Waals surface area (Å²) < 4.78 is 5.26. The van der Waals surface area contributed by atoms with Gasteiger partial charge in [-0.2, -0.15) is 0 Å². The third-order valence-corrected chi connectivity index (χ3v) is 5.78. The topological polar surface area (TPSA) is 70.2 Å². The minimum Gasteiger partial charge on any atom is -0.449 e. The Bertz CT molecular complexity index is 669. The maximum absolute atomic E-state index is 13.0. The third kappa shape index (κ3) is 4.61. The monoisotopic (exact) mass is 393 g/mol. The first-order chi connectivity index (χ1) is 13.0. The Labute approximate surface area is 163 Å². The van der Waals surface area contributed by atoms with Crippen molar-refractivity contribution in [2.45, 2.75) is 32.7 Å². The highest BCUT2D eigenvalue weighted by atomic mass is 32.1. The molecule has 3 amide bonds. The number of carbonyl (C=O) groups excluding carboxylic acids is 3. The van der Waals surface area contributed by atoms with Crippen LogP contribution in [0.4, 0.5) is 4.79 Å². The molecule has 7 nitrogen and oxygen atoms in total. The van der Waals surface area contributed by atoms with Crippen molar-refractivity contribution in [3.63, 3.8) is 0 Å². The fourth-order valence-electron chi connectivity index (χ4n) is 3.46. The fourth-order valence-corrected chi connectivity index (χ4v) is 4.14. The van der Waals surface area contributed by atoms with Crippen molar-refractivity contribution in [3.8, 4) is 0 Å². The second kappa shape index (κ2) is 8.73. The molecule has 2 aliphatic rings. The Morgan fingerprint density at radius 1 is 1.15 bits per heavy atom. The molecule has 0 saturated carbocycles. The van der Waals surface area contributed by atoms with Crippen molar-refractivity contribution in [1.29, 1.82) is 0 Å². The van der Waals surface area contributed by atoms with E-state index in [4.69, 9.17) is 4.74 Å². The van der Waals surface area contributed by atoms with E-state index >= 15 is 0 Å². The summed E-state index contributed by atoms with van der Waals surface area (Å²) in [4.78, 5) is 43.5. The molecular formula is C19H27N3O4S. The average Bonchev–Trinajstić information content (AvgIpc) is 3.36. The predicted molar refractivity (Wildman–Crippen MR) is 103 cm³/mol. The summed E-state index contributed by atoms with van der Waals surface area (Å²) >= 11 is 1.40. The molecule has 0 aromatic carbocycles. The van der Waals surface area contributed by atoms with Crippen molar-refractivity contribution < 1.29 is 19.1 Å². The number of rotatable bonds is 4. The first-order valence-corrected chi connectivity index (χ1v) is 10.4. The molecule has 0 N–H and O–H groups in total. The van der Waals surface area contributed by atoms with Gasteiger partial charge in [-0.15, -0.1) is 11.3 Å². The molecule has 8 heteroatoms. The van der Waals surface area contributed by atoms with Gasteiger partial charge >= 0.3 is 6.09 Å². The molecule has 0 aliphatic carbocycles. The third-order valence-electron chi connectivity index (χ3n) is 4.92. The lowest BCUT2D eigenvalue weighted by atomic mass is 10.1. The number of amides is 3. The Balaban J connectivity index is 1.54. The Morgan fingerprint density at radius 3 is 2.48 bits per heavy atom. The maximum atomic E-state index is 13.0. The van der Waals surface area contributed by atoms with E-state index in [1.807, 2.05) is 25.3 Å². The van der Waals surface area contributed by atoms with Crippen LogP contribution in [0.15, 0.2) is 17.5 Å². The average molecular weight is 394 g/mol. The van der Waals surface area contributed by atoms with Gasteiger partial charge in [0.05, 0.1) is 11.5 Å². The number of hydrogen-bond acceptors (Lipinski definition) is 5. The molecule has 2 aliphatic heterocycles. The largest absolute Gasteiger partial charge is 0.449 e. The lowest BCUT2D eigenvalue weighted by molar-refractivity contribution is -0.136. The van der Waals surface area contributed by atoms with E-state index in [1.165, 1.54) is 11.3 Å². The van der Waals surface area contributed by atoms with E-state index in [0.29, 0.717) is 56.5 Å². The normalized spacial score (nSPS) is 20.3. The van der Waals surface area contributed by atoms with Crippen LogP contribution < -0.4 is 0 Å². The van der Waals surface area contributed by atoms with Crippen molar-refractivity contribution >= 4 is 29.2 Å². The van der Waals surface area contributed by atoms with Crippen LogP contribution in [-0.2, 0) is 9.53 Å². The summed E-state index contributed by atoms with van der Waals surface area (Å²) in [6.45, 7) is 6.90. The zero-order valence-electron chi connectivity index (χ0n) is 15.9. The molecule has 0 unspecified atom stereocenters. The lowest BCUT2D eigenvalue weighted by Crippen LogP contribution is -2.55. The van der Waals surface area contributed by atoms with Gasteiger partial charge in [0.2, 0.25) is 5.91 Å². The lowest BCUT2D eigenvalue weighted by Gasteiger charge is -2.36. The highest BCUT2D eigenvalue weighted by Crippen LogP contribution is 2.24. The Morgan fingerprint density at radius 2 is 1.85 bits per heavy atom.